The van der Waals surface area contributed by atoms with E-state index in [0.29, 0.717) is 0 Å². The minimum absolute atomic E-state index is 0.00340. The highest BCUT2D eigenvalue weighted by molar-refractivity contribution is 5.85. The number of carbonyl (C=O) groups excluding carboxylic acids is 1. The van der Waals surface area contributed by atoms with Gasteiger partial charge in [0.25, 0.3) is 0 Å². The molecule has 15 heavy (non-hydrogen) atoms. The molecule has 1 saturated carbocycles. The average molecular weight is 212 g/mol. The van der Waals surface area contributed by atoms with Gasteiger partial charge in [0.2, 0.25) is 5.91 Å². The lowest BCUT2D eigenvalue weighted by molar-refractivity contribution is -0.126. The van der Waals surface area contributed by atoms with Crippen molar-refractivity contribution < 1.29 is 4.79 Å². The summed E-state index contributed by atoms with van der Waals surface area (Å²) in [5, 5.41) is 2.94. The number of hydrogen-bond acceptors (Lipinski definition) is 2. The molecule has 1 fully saturated rings. The van der Waals surface area contributed by atoms with E-state index in [4.69, 9.17) is 5.73 Å². The molecule has 3 N–H and O–H groups in total. The Morgan fingerprint density at radius 3 is 2.67 bits per heavy atom. The van der Waals surface area contributed by atoms with E-state index in [-0.39, 0.29) is 5.91 Å². The Morgan fingerprint density at radius 2 is 2.20 bits per heavy atom. The van der Waals surface area contributed by atoms with Gasteiger partial charge in [-0.2, -0.15) is 0 Å². The molecule has 0 aliphatic heterocycles. The van der Waals surface area contributed by atoms with E-state index in [1.54, 1.807) is 0 Å². The van der Waals surface area contributed by atoms with E-state index in [9.17, 15) is 4.79 Å². The fourth-order valence-corrected chi connectivity index (χ4v) is 2.01. The van der Waals surface area contributed by atoms with E-state index in [1.165, 1.54) is 19.3 Å². The third-order valence-corrected chi connectivity index (χ3v) is 3.35. The largest absolute Gasteiger partial charge is 0.355 e. The third-order valence-electron chi connectivity index (χ3n) is 3.35. The van der Waals surface area contributed by atoms with Gasteiger partial charge in [0.05, 0.1) is 5.54 Å². The lowest BCUT2D eigenvalue weighted by atomic mass is 9.83. The van der Waals surface area contributed by atoms with Gasteiger partial charge in [-0.1, -0.05) is 32.6 Å². The second-order valence-electron chi connectivity index (χ2n) is 5.01. The molecule has 0 heterocycles. The van der Waals surface area contributed by atoms with Crippen molar-refractivity contribution in [2.75, 3.05) is 6.54 Å². The molecule has 0 aromatic rings. The number of nitrogens with two attached hydrogens (primary N) is 1. The topological polar surface area (TPSA) is 55.1 Å². The van der Waals surface area contributed by atoms with Crippen molar-refractivity contribution >= 4 is 5.91 Å². The van der Waals surface area contributed by atoms with Gasteiger partial charge >= 0.3 is 0 Å². The maximum Gasteiger partial charge on any atom is 0.239 e. The first-order chi connectivity index (χ1) is 7.06. The van der Waals surface area contributed by atoms with Gasteiger partial charge in [-0.25, -0.2) is 0 Å². The second kappa shape index (κ2) is 5.50. The van der Waals surface area contributed by atoms with E-state index in [2.05, 4.69) is 5.32 Å². The Balaban J connectivity index is 2.16. The molecule has 1 aliphatic rings. The molecule has 0 spiro atoms. The number of rotatable bonds is 6. The fraction of sp³-hybridized carbons (Fsp3) is 0.917. The summed E-state index contributed by atoms with van der Waals surface area (Å²) in [6.45, 7) is 4.65. The minimum atomic E-state index is -0.686. The molecule has 88 valence electrons. The van der Waals surface area contributed by atoms with Crippen LogP contribution in [0.1, 0.15) is 52.4 Å². The van der Waals surface area contributed by atoms with Crippen molar-refractivity contribution in [1.82, 2.24) is 5.32 Å². The first kappa shape index (κ1) is 12.5. The molecule has 1 aliphatic carbocycles. The molecule has 0 saturated heterocycles. The summed E-state index contributed by atoms with van der Waals surface area (Å²) in [5.74, 6) is 0.851. The maximum atomic E-state index is 11.7. The molecule has 3 heteroatoms. The zero-order chi connectivity index (χ0) is 11.3. The predicted molar refractivity (Wildman–Crippen MR) is 62.5 cm³/mol. The van der Waals surface area contributed by atoms with Crippen LogP contribution in [0, 0.1) is 5.92 Å². The van der Waals surface area contributed by atoms with Gasteiger partial charge in [0.1, 0.15) is 0 Å². The van der Waals surface area contributed by atoms with E-state index < -0.39 is 5.54 Å². The highest BCUT2D eigenvalue weighted by Gasteiger charge is 2.27. The Hall–Kier alpha value is -0.570. The number of amides is 1. The third kappa shape index (κ3) is 3.82. The SMILES string of the molecule is CCCC(C)(N)C(=O)NCCC1CCC1. The van der Waals surface area contributed by atoms with Gasteiger partial charge in [-0.15, -0.1) is 0 Å². The maximum absolute atomic E-state index is 11.7. The highest BCUT2D eigenvalue weighted by atomic mass is 16.2. The summed E-state index contributed by atoms with van der Waals surface area (Å²) in [7, 11) is 0. The summed E-state index contributed by atoms with van der Waals surface area (Å²) in [6.07, 6.45) is 6.86. The molecule has 1 rings (SSSR count). The smallest absolute Gasteiger partial charge is 0.239 e. The van der Waals surface area contributed by atoms with Crippen LogP contribution in [0.4, 0.5) is 0 Å². The Morgan fingerprint density at radius 1 is 1.53 bits per heavy atom. The Bertz CT molecular complexity index is 210. The minimum Gasteiger partial charge on any atom is -0.355 e. The first-order valence-electron chi connectivity index (χ1n) is 6.13. The van der Waals surface area contributed by atoms with Gasteiger partial charge in [0, 0.05) is 6.54 Å². The second-order valence-corrected chi connectivity index (χ2v) is 5.01. The van der Waals surface area contributed by atoms with Gasteiger partial charge in [-0.05, 0) is 25.7 Å². The van der Waals surface area contributed by atoms with Gasteiger partial charge < -0.3 is 11.1 Å². The zero-order valence-electron chi connectivity index (χ0n) is 10.0. The fourth-order valence-electron chi connectivity index (χ4n) is 2.01. The standard InChI is InChI=1S/C12H24N2O/c1-3-8-12(2,13)11(15)14-9-7-10-5-4-6-10/h10H,3-9,13H2,1-2H3,(H,14,15). The van der Waals surface area contributed by atoms with Crippen molar-refractivity contribution in [3.05, 3.63) is 0 Å². The van der Waals surface area contributed by atoms with E-state index in [1.807, 2.05) is 13.8 Å². The van der Waals surface area contributed by atoms with Crippen LogP contribution in [0.3, 0.4) is 0 Å². The van der Waals surface area contributed by atoms with Crippen molar-refractivity contribution in [2.45, 2.75) is 57.9 Å². The molecule has 0 bridgehead atoms. The lowest BCUT2D eigenvalue weighted by Crippen LogP contribution is -2.51. The molecule has 1 atom stereocenters. The summed E-state index contributed by atoms with van der Waals surface area (Å²) < 4.78 is 0. The van der Waals surface area contributed by atoms with Crippen LogP contribution in [0.25, 0.3) is 0 Å². The lowest BCUT2D eigenvalue weighted by Gasteiger charge is -2.27. The van der Waals surface area contributed by atoms with Gasteiger partial charge in [0.15, 0.2) is 0 Å². The van der Waals surface area contributed by atoms with Crippen LogP contribution in [0.15, 0.2) is 0 Å². The summed E-state index contributed by atoms with van der Waals surface area (Å²) in [4.78, 5) is 11.7. The predicted octanol–water partition coefficient (Wildman–Crippen LogP) is 1.81. The van der Waals surface area contributed by atoms with Crippen molar-refractivity contribution in [3.63, 3.8) is 0 Å². The van der Waals surface area contributed by atoms with E-state index >= 15 is 0 Å². The average Bonchev–Trinajstić information content (AvgIpc) is 2.08. The van der Waals surface area contributed by atoms with Crippen molar-refractivity contribution in [1.29, 1.82) is 0 Å². The molecule has 0 aromatic heterocycles. The number of nitrogens with one attached hydrogen (secondary N) is 1. The van der Waals surface area contributed by atoms with Crippen LogP contribution < -0.4 is 11.1 Å². The van der Waals surface area contributed by atoms with Crippen molar-refractivity contribution in [2.24, 2.45) is 11.7 Å². The normalized spacial score (nSPS) is 20.5. The summed E-state index contributed by atoms with van der Waals surface area (Å²) in [5.41, 5.74) is 5.24. The first-order valence-corrected chi connectivity index (χ1v) is 6.13. The number of hydrogen-bond donors (Lipinski definition) is 2. The van der Waals surface area contributed by atoms with Crippen LogP contribution in [0.5, 0.6) is 0 Å². The summed E-state index contributed by atoms with van der Waals surface area (Å²) >= 11 is 0. The van der Waals surface area contributed by atoms with E-state index in [0.717, 1.165) is 31.7 Å². The summed E-state index contributed by atoms with van der Waals surface area (Å²) in [6, 6.07) is 0. The van der Waals surface area contributed by atoms with Crippen LogP contribution in [-0.4, -0.2) is 18.0 Å². The van der Waals surface area contributed by atoms with Crippen LogP contribution in [0.2, 0.25) is 0 Å². The molecule has 3 nitrogen and oxygen atoms in total. The quantitative estimate of drug-likeness (QED) is 0.705. The van der Waals surface area contributed by atoms with Gasteiger partial charge in [-0.3, -0.25) is 4.79 Å². The molecule has 1 amide bonds. The molecule has 1 unspecified atom stereocenters. The zero-order valence-corrected chi connectivity index (χ0v) is 10.0. The van der Waals surface area contributed by atoms with Crippen LogP contribution in [-0.2, 0) is 4.79 Å². The Kier molecular flexibility index (Phi) is 4.58. The molecule has 0 aromatic carbocycles. The molecular weight excluding hydrogens is 188 g/mol. The number of carbonyl (C=O) groups is 1. The molecule has 0 radical (unpaired) electrons. The Labute approximate surface area is 92.8 Å². The van der Waals surface area contributed by atoms with Crippen molar-refractivity contribution in [3.8, 4) is 0 Å². The highest BCUT2D eigenvalue weighted by Crippen LogP contribution is 2.28. The monoisotopic (exact) mass is 212 g/mol. The molecular formula is C12H24N2O. The van der Waals surface area contributed by atoms with Crippen LogP contribution >= 0.6 is 0 Å².